The Morgan fingerprint density at radius 3 is 2.31 bits per heavy atom. The summed E-state index contributed by atoms with van der Waals surface area (Å²) in [5.74, 6) is 0. The molecule has 0 bridgehead atoms. The minimum atomic E-state index is -4.51. The molecular weight excluding hydrogens is 403 g/mol. The van der Waals surface area contributed by atoms with Gasteiger partial charge in [-0.05, 0) is 36.8 Å². The topological polar surface area (TPSA) is 73.2 Å². The number of hydrogen-bond donors (Lipinski definition) is 1. The number of rotatable bonds is 7. The zero-order valence-corrected chi connectivity index (χ0v) is 16.7. The third kappa shape index (κ3) is 5.99. The molecule has 0 amide bonds. The summed E-state index contributed by atoms with van der Waals surface area (Å²) in [6.45, 7) is 6.07. The fourth-order valence-electron chi connectivity index (χ4n) is 2.76. The summed E-state index contributed by atoms with van der Waals surface area (Å²) in [5, 5.41) is 9.16. The quantitative estimate of drug-likeness (QED) is 0.659. The molecular formula is C20H20F3N3O2S. The van der Waals surface area contributed by atoms with Crippen LogP contribution in [-0.4, -0.2) is 21.2 Å². The molecule has 2 rings (SSSR count). The van der Waals surface area contributed by atoms with Crippen LogP contribution < -0.4 is 9.62 Å². The largest absolute Gasteiger partial charge is 0.416 e. The van der Waals surface area contributed by atoms with Crippen molar-refractivity contribution in [1.82, 2.24) is 0 Å². The van der Waals surface area contributed by atoms with Crippen LogP contribution in [0.25, 0.3) is 5.57 Å². The molecule has 0 atom stereocenters. The predicted molar refractivity (Wildman–Crippen MR) is 108 cm³/mol. The first-order chi connectivity index (χ1) is 13.4. The Hall–Kier alpha value is -2.99. The molecule has 0 aliphatic heterocycles. The van der Waals surface area contributed by atoms with Gasteiger partial charge in [0.05, 0.1) is 23.5 Å². The van der Waals surface area contributed by atoms with E-state index in [0.29, 0.717) is 17.8 Å². The van der Waals surface area contributed by atoms with Crippen molar-refractivity contribution in [3.63, 3.8) is 0 Å². The molecule has 154 valence electrons. The van der Waals surface area contributed by atoms with Crippen molar-refractivity contribution in [2.24, 2.45) is 0 Å². The van der Waals surface area contributed by atoms with Gasteiger partial charge in [0, 0.05) is 30.0 Å². The highest BCUT2D eigenvalue weighted by Gasteiger charge is 2.31. The molecule has 0 aliphatic rings. The van der Waals surface area contributed by atoms with E-state index in [1.807, 2.05) is 6.07 Å². The van der Waals surface area contributed by atoms with Gasteiger partial charge in [0.25, 0.3) is 0 Å². The number of anilines is 2. The third-order valence-corrected chi connectivity index (χ3v) is 4.74. The maximum absolute atomic E-state index is 13.2. The molecule has 0 unspecified atom stereocenters. The van der Waals surface area contributed by atoms with Gasteiger partial charge in [0.2, 0.25) is 10.0 Å². The Labute approximate surface area is 168 Å². The summed E-state index contributed by atoms with van der Waals surface area (Å²) in [6.07, 6.45) is -3.48. The van der Waals surface area contributed by atoms with E-state index in [4.69, 9.17) is 5.26 Å². The maximum atomic E-state index is 13.2. The van der Waals surface area contributed by atoms with Gasteiger partial charge in [-0.25, -0.2) is 8.42 Å². The van der Waals surface area contributed by atoms with E-state index < -0.39 is 21.8 Å². The van der Waals surface area contributed by atoms with Crippen LogP contribution in [0.15, 0.2) is 49.0 Å². The second-order valence-electron chi connectivity index (χ2n) is 6.41. The van der Waals surface area contributed by atoms with Gasteiger partial charge in [0.1, 0.15) is 0 Å². The number of allylic oxidation sites excluding steroid dienone is 1. The Balaban J connectivity index is 2.40. The van der Waals surface area contributed by atoms with Crippen LogP contribution in [0, 0.1) is 11.3 Å². The second kappa shape index (κ2) is 8.57. The Morgan fingerprint density at radius 1 is 1.21 bits per heavy atom. The van der Waals surface area contributed by atoms with E-state index >= 15 is 0 Å². The highest BCUT2D eigenvalue weighted by molar-refractivity contribution is 7.92. The molecule has 0 saturated carbocycles. The lowest BCUT2D eigenvalue weighted by atomic mass is 10.0. The summed E-state index contributed by atoms with van der Waals surface area (Å²) in [7, 11) is -3.40. The smallest absolute Gasteiger partial charge is 0.367 e. The molecule has 2 aromatic rings. The van der Waals surface area contributed by atoms with Crippen LogP contribution in [-0.2, 0) is 22.7 Å². The van der Waals surface area contributed by atoms with E-state index in [9.17, 15) is 21.6 Å². The fraction of sp³-hybridized carbons (Fsp3) is 0.250. The number of nitriles is 1. The minimum Gasteiger partial charge on any atom is -0.367 e. The molecule has 1 N–H and O–H groups in total. The Morgan fingerprint density at radius 2 is 1.83 bits per heavy atom. The molecule has 0 spiro atoms. The monoisotopic (exact) mass is 423 g/mol. The predicted octanol–water partition coefficient (Wildman–Crippen LogP) is 4.64. The third-order valence-electron chi connectivity index (χ3n) is 4.14. The van der Waals surface area contributed by atoms with E-state index in [1.165, 1.54) is 6.07 Å². The number of halogens is 3. The van der Waals surface area contributed by atoms with E-state index in [2.05, 4.69) is 11.3 Å². The average Bonchev–Trinajstić information content (AvgIpc) is 2.64. The van der Waals surface area contributed by atoms with Crippen LogP contribution >= 0.6 is 0 Å². The van der Waals surface area contributed by atoms with E-state index in [0.717, 1.165) is 24.0 Å². The number of sulfonamides is 1. The van der Waals surface area contributed by atoms with Gasteiger partial charge in [0.15, 0.2) is 0 Å². The van der Waals surface area contributed by atoms with Crippen LogP contribution in [0.4, 0.5) is 24.5 Å². The number of nitrogens with zero attached hydrogens (tertiary/aromatic N) is 2. The lowest BCUT2D eigenvalue weighted by Gasteiger charge is -2.27. The number of benzene rings is 2. The van der Waals surface area contributed by atoms with Gasteiger partial charge >= 0.3 is 6.18 Å². The van der Waals surface area contributed by atoms with Gasteiger partial charge < -0.3 is 4.90 Å². The molecule has 5 nitrogen and oxygen atoms in total. The molecule has 2 aromatic carbocycles. The maximum Gasteiger partial charge on any atom is 0.416 e. The second-order valence-corrected chi connectivity index (χ2v) is 8.15. The van der Waals surface area contributed by atoms with Crippen molar-refractivity contribution in [1.29, 1.82) is 5.26 Å². The normalized spacial score (nSPS) is 11.6. The lowest BCUT2D eigenvalue weighted by Crippen LogP contribution is -2.24. The first-order valence-corrected chi connectivity index (χ1v) is 10.5. The molecule has 0 heterocycles. The lowest BCUT2D eigenvalue weighted by molar-refractivity contribution is -0.137. The summed E-state index contributed by atoms with van der Waals surface area (Å²) < 4.78 is 64.5. The summed E-state index contributed by atoms with van der Waals surface area (Å²) in [6, 6.07) is 11.6. The first kappa shape index (κ1) is 22.3. The highest BCUT2D eigenvalue weighted by atomic mass is 32.2. The van der Waals surface area contributed by atoms with Crippen molar-refractivity contribution in [3.8, 4) is 6.07 Å². The standard InChI is InChI=1S/C20H20F3N3O2S/c1-4-26(13-15-5-8-17(9-6-15)25-29(3,27)28)19-11-16(20(21,22)23)7-10-18(19)14(2)12-24/h5-11,25H,2,4,13H2,1,3H3. The average molecular weight is 423 g/mol. The molecule has 9 heteroatoms. The minimum absolute atomic E-state index is 0.0693. The van der Waals surface area contributed by atoms with Crippen molar-refractivity contribution >= 4 is 27.0 Å². The summed E-state index contributed by atoms with van der Waals surface area (Å²) in [4.78, 5) is 1.70. The zero-order chi connectivity index (χ0) is 21.8. The van der Waals surface area contributed by atoms with Crippen molar-refractivity contribution in [2.45, 2.75) is 19.6 Å². The van der Waals surface area contributed by atoms with Gasteiger partial charge in [-0.3, -0.25) is 4.72 Å². The van der Waals surface area contributed by atoms with Crippen LogP contribution in [0.3, 0.4) is 0 Å². The highest BCUT2D eigenvalue weighted by Crippen LogP contribution is 2.36. The van der Waals surface area contributed by atoms with E-state index in [1.54, 1.807) is 36.1 Å². The number of nitrogens with one attached hydrogen (secondary N) is 1. The van der Waals surface area contributed by atoms with Crippen LogP contribution in [0.2, 0.25) is 0 Å². The Kier molecular flexibility index (Phi) is 6.59. The molecule has 0 radical (unpaired) electrons. The van der Waals surface area contributed by atoms with E-state index in [-0.39, 0.29) is 17.8 Å². The summed E-state index contributed by atoms with van der Waals surface area (Å²) >= 11 is 0. The molecule has 29 heavy (non-hydrogen) atoms. The van der Waals surface area contributed by atoms with Crippen molar-refractivity contribution in [2.75, 3.05) is 22.4 Å². The van der Waals surface area contributed by atoms with Gasteiger partial charge in [-0.2, -0.15) is 18.4 Å². The molecule has 0 aromatic heterocycles. The number of alkyl halides is 3. The molecule has 0 aliphatic carbocycles. The molecule has 0 fully saturated rings. The number of hydrogen-bond acceptors (Lipinski definition) is 4. The summed E-state index contributed by atoms with van der Waals surface area (Å²) in [5.41, 5.74) is 0.992. The van der Waals surface area contributed by atoms with Gasteiger partial charge in [-0.15, -0.1) is 0 Å². The van der Waals surface area contributed by atoms with Crippen LogP contribution in [0.1, 0.15) is 23.6 Å². The zero-order valence-electron chi connectivity index (χ0n) is 15.9. The first-order valence-electron chi connectivity index (χ1n) is 8.57. The SMILES string of the molecule is C=C(C#N)c1ccc(C(F)(F)F)cc1N(CC)Cc1ccc(NS(C)(=O)=O)cc1. The molecule has 0 saturated heterocycles. The van der Waals surface area contributed by atoms with Crippen molar-refractivity contribution < 1.29 is 21.6 Å². The fourth-order valence-corrected chi connectivity index (χ4v) is 3.33. The van der Waals surface area contributed by atoms with Crippen molar-refractivity contribution in [3.05, 3.63) is 65.7 Å². The van der Waals surface area contributed by atoms with Crippen LogP contribution in [0.5, 0.6) is 0 Å². The van der Waals surface area contributed by atoms with Gasteiger partial charge in [-0.1, -0.05) is 24.8 Å². The Bertz CT molecular complexity index is 1040.